The lowest BCUT2D eigenvalue weighted by Crippen LogP contribution is -1.94. The van der Waals surface area contributed by atoms with E-state index in [9.17, 15) is 0 Å². The molecule has 0 atom stereocenters. The molecule has 3 heteroatoms. The van der Waals surface area contributed by atoms with Crippen molar-refractivity contribution in [3.8, 4) is 33.8 Å². The monoisotopic (exact) mass is 323 g/mol. The van der Waals surface area contributed by atoms with Crippen LogP contribution in [0.1, 0.15) is 5.56 Å². The molecule has 0 saturated carbocycles. The number of nitrogens with zero attached hydrogens (tertiary/aromatic N) is 3. The minimum absolute atomic E-state index is 0.683. The van der Waals surface area contributed by atoms with E-state index in [1.807, 2.05) is 30.5 Å². The van der Waals surface area contributed by atoms with Gasteiger partial charge in [0.2, 0.25) is 0 Å². The summed E-state index contributed by atoms with van der Waals surface area (Å²) in [6.45, 7) is 2.09. The summed E-state index contributed by atoms with van der Waals surface area (Å²) in [6.07, 6.45) is 5.34. The van der Waals surface area contributed by atoms with Crippen LogP contribution in [-0.4, -0.2) is 15.0 Å². The maximum atomic E-state index is 4.75. The first-order valence-corrected chi connectivity index (χ1v) is 8.21. The van der Waals surface area contributed by atoms with E-state index < -0.39 is 0 Å². The van der Waals surface area contributed by atoms with Crippen molar-refractivity contribution in [2.24, 2.45) is 0 Å². The smallest absolute Gasteiger partial charge is 0.160 e. The van der Waals surface area contributed by atoms with Crippen LogP contribution in [0.3, 0.4) is 0 Å². The lowest BCUT2D eigenvalue weighted by Gasteiger charge is -2.11. The Morgan fingerprint density at radius 2 is 1.36 bits per heavy atom. The van der Waals surface area contributed by atoms with Gasteiger partial charge >= 0.3 is 0 Å². The summed E-state index contributed by atoms with van der Waals surface area (Å²) in [5.41, 5.74) is 6.42. The van der Waals surface area contributed by atoms with Gasteiger partial charge in [-0.25, -0.2) is 9.97 Å². The predicted molar refractivity (Wildman–Crippen MR) is 101 cm³/mol. The molecular weight excluding hydrogens is 306 g/mol. The van der Waals surface area contributed by atoms with E-state index in [4.69, 9.17) is 4.98 Å². The number of pyridine rings is 1. The van der Waals surface area contributed by atoms with Crippen LogP contribution < -0.4 is 0 Å². The zero-order valence-corrected chi connectivity index (χ0v) is 13.9. The van der Waals surface area contributed by atoms with Gasteiger partial charge in [-0.1, -0.05) is 60.2 Å². The van der Waals surface area contributed by atoms with Gasteiger partial charge in [0.05, 0.1) is 5.69 Å². The highest BCUT2D eigenvalue weighted by molar-refractivity contribution is 5.83. The Kier molecular flexibility index (Phi) is 4.05. The van der Waals surface area contributed by atoms with Gasteiger partial charge in [0.25, 0.3) is 0 Å². The average Bonchev–Trinajstić information content (AvgIpc) is 2.70. The molecule has 120 valence electrons. The van der Waals surface area contributed by atoms with E-state index in [1.54, 1.807) is 12.4 Å². The summed E-state index contributed by atoms with van der Waals surface area (Å²) in [5, 5.41) is 0. The van der Waals surface area contributed by atoms with E-state index in [0.717, 1.165) is 27.9 Å². The number of benzene rings is 2. The topological polar surface area (TPSA) is 38.7 Å². The van der Waals surface area contributed by atoms with Crippen LogP contribution in [0.2, 0.25) is 0 Å². The van der Waals surface area contributed by atoms with Crippen molar-refractivity contribution in [2.75, 3.05) is 0 Å². The van der Waals surface area contributed by atoms with E-state index in [2.05, 4.69) is 59.4 Å². The standard InChI is InChI=1S/C22H17N3/c1-16-8-10-18(11-9-16)21-20(17-6-3-2-4-7-17)14-19(15-25-21)22-23-12-5-13-24-22/h2-15H,1H3. The highest BCUT2D eigenvalue weighted by atomic mass is 14.9. The van der Waals surface area contributed by atoms with Crippen LogP contribution in [0.4, 0.5) is 0 Å². The van der Waals surface area contributed by atoms with Crippen LogP contribution in [0.15, 0.2) is 85.3 Å². The van der Waals surface area contributed by atoms with Crippen LogP contribution >= 0.6 is 0 Å². The molecule has 2 aromatic heterocycles. The molecule has 0 spiro atoms. The second kappa shape index (κ2) is 6.65. The number of rotatable bonds is 3. The zero-order chi connectivity index (χ0) is 17.1. The summed E-state index contributed by atoms with van der Waals surface area (Å²) in [7, 11) is 0. The van der Waals surface area contributed by atoms with E-state index in [-0.39, 0.29) is 0 Å². The Balaban J connectivity index is 1.91. The molecule has 0 bridgehead atoms. The van der Waals surface area contributed by atoms with Gasteiger partial charge in [-0.2, -0.15) is 0 Å². The fourth-order valence-electron chi connectivity index (χ4n) is 2.81. The van der Waals surface area contributed by atoms with Gasteiger partial charge in [-0.15, -0.1) is 0 Å². The second-order valence-electron chi connectivity index (χ2n) is 5.92. The second-order valence-corrected chi connectivity index (χ2v) is 5.92. The highest BCUT2D eigenvalue weighted by Gasteiger charge is 2.12. The molecule has 3 nitrogen and oxygen atoms in total. The first kappa shape index (κ1) is 15.2. The summed E-state index contributed by atoms with van der Waals surface area (Å²) >= 11 is 0. The fourth-order valence-corrected chi connectivity index (χ4v) is 2.81. The van der Waals surface area contributed by atoms with E-state index in [1.165, 1.54) is 5.56 Å². The molecule has 4 rings (SSSR count). The Labute approximate surface area is 147 Å². The maximum absolute atomic E-state index is 4.75. The van der Waals surface area contributed by atoms with Gasteiger partial charge < -0.3 is 0 Å². The summed E-state index contributed by atoms with van der Waals surface area (Å²) in [6, 6.07) is 22.7. The van der Waals surface area contributed by atoms with Crippen LogP contribution in [0, 0.1) is 6.92 Å². The number of aromatic nitrogens is 3. The van der Waals surface area contributed by atoms with Crippen molar-refractivity contribution in [1.29, 1.82) is 0 Å². The van der Waals surface area contributed by atoms with Crippen LogP contribution in [0.5, 0.6) is 0 Å². The third kappa shape index (κ3) is 3.17. The summed E-state index contributed by atoms with van der Waals surface area (Å²) in [5.74, 6) is 0.683. The van der Waals surface area contributed by atoms with Crippen molar-refractivity contribution in [1.82, 2.24) is 15.0 Å². The summed E-state index contributed by atoms with van der Waals surface area (Å²) < 4.78 is 0. The minimum Gasteiger partial charge on any atom is -0.255 e. The van der Waals surface area contributed by atoms with Crippen molar-refractivity contribution in [3.05, 3.63) is 90.9 Å². The first-order valence-electron chi connectivity index (χ1n) is 8.21. The zero-order valence-electron chi connectivity index (χ0n) is 13.9. The highest BCUT2D eigenvalue weighted by Crippen LogP contribution is 2.33. The third-order valence-electron chi connectivity index (χ3n) is 4.12. The minimum atomic E-state index is 0.683. The van der Waals surface area contributed by atoms with E-state index >= 15 is 0 Å². The molecule has 0 fully saturated rings. The molecule has 0 saturated heterocycles. The predicted octanol–water partition coefficient (Wildman–Crippen LogP) is 5.18. The molecule has 2 heterocycles. The quantitative estimate of drug-likeness (QED) is 0.521. The fraction of sp³-hybridized carbons (Fsp3) is 0.0455. The Morgan fingerprint density at radius 1 is 0.640 bits per heavy atom. The SMILES string of the molecule is Cc1ccc(-c2ncc(-c3ncccn3)cc2-c2ccccc2)cc1. The average molecular weight is 323 g/mol. The molecular formula is C22H17N3. The maximum Gasteiger partial charge on any atom is 0.160 e. The Hall–Kier alpha value is -3.33. The molecule has 0 aliphatic rings. The Morgan fingerprint density at radius 3 is 2.08 bits per heavy atom. The number of aryl methyl sites for hydroxylation is 1. The molecule has 0 unspecified atom stereocenters. The molecule has 25 heavy (non-hydrogen) atoms. The molecule has 0 amide bonds. The summed E-state index contributed by atoms with van der Waals surface area (Å²) in [4.78, 5) is 13.4. The van der Waals surface area contributed by atoms with E-state index in [0.29, 0.717) is 5.82 Å². The van der Waals surface area contributed by atoms with Crippen LogP contribution in [-0.2, 0) is 0 Å². The Bertz CT molecular complexity index is 979. The van der Waals surface area contributed by atoms with Crippen molar-refractivity contribution < 1.29 is 0 Å². The first-order chi connectivity index (χ1) is 12.3. The van der Waals surface area contributed by atoms with Gasteiger partial charge in [0.15, 0.2) is 5.82 Å². The normalized spacial score (nSPS) is 10.6. The lowest BCUT2D eigenvalue weighted by molar-refractivity contribution is 1.16. The number of hydrogen-bond acceptors (Lipinski definition) is 3. The molecule has 0 N–H and O–H groups in total. The van der Waals surface area contributed by atoms with Gasteiger partial charge in [0.1, 0.15) is 0 Å². The largest absolute Gasteiger partial charge is 0.255 e. The van der Waals surface area contributed by atoms with Crippen molar-refractivity contribution >= 4 is 0 Å². The van der Waals surface area contributed by atoms with Crippen LogP contribution in [0.25, 0.3) is 33.8 Å². The molecule has 0 aliphatic heterocycles. The molecule has 0 radical (unpaired) electrons. The van der Waals surface area contributed by atoms with Gasteiger partial charge in [0, 0.05) is 35.3 Å². The van der Waals surface area contributed by atoms with Gasteiger partial charge in [-0.3, -0.25) is 4.98 Å². The lowest BCUT2D eigenvalue weighted by atomic mass is 9.97. The molecule has 0 aliphatic carbocycles. The number of hydrogen-bond donors (Lipinski definition) is 0. The third-order valence-corrected chi connectivity index (χ3v) is 4.12. The van der Waals surface area contributed by atoms with Crippen molar-refractivity contribution in [3.63, 3.8) is 0 Å². The molecule has 4 aromatic rings. The van der Waals surface area contributed by atoms with Gasteiger partial charge in [-0.05, 0) is 24.6 Å². The molecule has 2 aromatic carbocycles. The van der Waals surface area contributed by atoms with Crippen molar-refractivity contribution in [2.45, 2.75) is 6.92 Å².